The van der Waals surface area contributed by atoms with E-state index < -0.39 is 0 Å². The quantitative estimate of drug-likeness (QED) is 0.403. The second kappa shape index (κ2) is 9.57. The zero-order chi connectivity index (χ0) is 19.6. The normalized spacial score (nSPS) is 22.3. The molecule has 0 amide bonds. The highest BCUT2D eigenvalue weighted by Gasteiger charge is 2.22. The number of hydrogen-bond donors (Lipinski definition) is 0. The van der Waals surface area contributed by atoms with Crippen LogP contribution in [-0.2, 0) is 0 Å². The van der Waals surface area contributed by atoms with Crippen LogP contribution in [0.3, 0.4) is 0 Å². The molecule has 0 spiro atoms. The SMILES string of the molecule is C.C/C(C1=[N+](C)CCC1)=C(C)/C(C)=C(C)/C(C)=C(C)/C(C)=C1/CCCN1C. The summed E-state index contributed by atoms with van der Waals surface area (Å²) in [4.78, 5) is 2.43. The van der Waals surface area contributed by atoms with Crippen molar-refractivity contribution in [2.75, 3.05) is 27.2 Å². The zero-order valence-corrected chi connectivity index (χ0v) is 18.6. The van der Waals surface area contributed by atoms with Crippen LogP contribution < -0.4 is 0 Å². The van der Waals surface area contributed by atoms with Crippen molar-refractivity contribution in [3.8, 4) is 0 Å². The van der Waals surface area contributed by atoms with Crippen LogP contribution in [-0.4, -0.2) is 42.4 Å². The maximum atomic E-state index is 2.43. The standard InChI is InChI=1S/C24H39N2.CH4/c1-16(17(2)19(4)21(6)23-12-10-14-25(23)8)18(3)20(5)22(7)24-13-11-15-26(24)9;/h10-15H2,1-9H3;1H4/q+1;. The van der Waals surface area contributed by atoms with E-state index in [0.29, 0.717) is 0 Å². The summed E-state index contributed by atoms with van der Waals surface area (Å²) in [6.07, 6.45) is 5.02. The van der Waals surface area contributed by atoms with Crippen LogP contribution in [0.2, 0.25) is 0 Å². The lowest BCUT2D eigenvalue weighted by atomic mass is 9.90. The predicted molar refractivity (Wildman–Crippen MR) is 122 cm³/mol. The van der Waals surface area contributed by atoms with Crippen LogP contribution in [0.5, 0.6) is 0 Å². The third kappa shape index (κ3) is 4.83. The van der Waals surface area contributed by atoms with Crippen LogP contribution in [0.4, 0.5) is 0 Å². The van der Waals surface area contributed by atoms with E-state index in [0.717, 1.165) is 0 Å². The van der Waals surface area contributed by atoms with Crippen molar-refractivity contribution < 1.29 is 4.58 Å². The molecule has 0 bridgehead atoms. The van der Waals surface area contributed by atoms with Gasteiger partial charge in [0.2, 0.25) is 0 Å². The Balaban J connectivity index is 0.00000364. The highest BCUT2D eigenvalue weighted by Crippen LogP contribution is 2.31. The molecule has 0 aromatic rings. The number of allylic oxidation sites excluding steroid dienone is 8. The molecule has 2 aliphatic heterocycles. The smallest absolute Gasteiger partial charge is 0.179 e. The molecule has 0 saturated carbocycles. The first-order chi connectivity index (χ1) is 12.2. The second-order valence-corrected chi connectivity index (χ2v) is 8.32. The van der Waals surface area contributed by atoms with Gasteiger partial charge in [0, 0.05) is 37.7 Å². The van der Waals surface area contributed by atoms with E-state index >= 15 is 0 Å². The molecule has 2 aliphatic rings. The molecule has 0 aliphatic carbocycles. The van der Waals surface area contributed by atoms with Gasteiger partial charge in [-0.3, -0.25) is 0 Å². The lowest BCUT2D eigenvalue weighted by Crippen LogP contribution is -2.13. The minimum Gasteiger partial charge on any atom is -0.378 e. The molecule has 0 unspecified atom stereocenters. The first-order valence-electron chi connectivity index (χ1n) is 10.2. The first kappa shape index (κ1) is 23.5. The molecule has 0 aromatic carbocycles. The Morgan fingerprint density at radius 1 is 0.778 bits per heavy atom. The highest BCUT2D eigenvalue weighted by molar-refractivity contribution is 5.97. The summed E-state index contributed by atoms with van der Waals surface area (Å²) in [7, 11) is 4.46. The molecule has 1 fully saturated rings. The molecule has 27 heavy (non-hydrogen) atoms. The molecule has 2 rings (SSSR count). The molecule has 0 atom stereocenters. The summed E-state index contributed by atoms with van der Waals surface area (Å²) in [5.41, 5.74) is 13.2. The summed E-state index contributed by atoms with van der Waals surface area (Å²) in [6, 6.07) is 0. The summed E-state index contributed by atoms with van der Waals surface area (Å²) in [5, 5.41) is 0. The largest absolute Gasteiger partial charge is 0.378 e. The van der Waals surface area contributed by atoms with Gasteiger partial charge in [-0.1, -0.05) is 7.43 Å². The maximum absolute atomic E-state index is 2.43. The van der Waals surface area contributed by atoms with E-state index in [1.165, 1.54) is 89.2 Å². The molecule has 1 saturated heterocycles. The Kier molecular flexibility index (Phi) is 8.32. The van der Waals surface area contributed by atoms with Crippen molar-refractivity contribution in [1.82, 2.24) is 4.90 Å². The third-order valence-electron chi connectivity index (χ3n) is 6.98. The van der Waals surface area contributed by atoms with Gasteiger partial charge in [-0.15, -0.1) is 0 Å². The number of likely N-dealkylation sites (tertiary alicyclic amines) is 1. The average molecular weight is 372 g/mol. The summed E-state index contributed by atoms with van der Waals surface area (Å²) >= 11 is 0. The highest BCUT2D eigenvalue weighted by atomic mass is 15.1. The van der Waals surface area contributed by atoms with Crippen LogP contribution in [0.1, 0.15) is 81.6 Å². The lowest BCUT2D eigenvalue weighted by Gasteiger charge is -2.20. The van der Waals surface area contributed by atoms with Crippen molar-refractivity contribution in [3.63, 3.8) is 0 Å². The molecule has 2 heterocycles. The van der Waals surface area contributed by atoms with Gasteiger partial charge < -0.3 is 4.90 Å². The summed E-state index contributed by atoms with van der Waals surface area (Å²) in [5.74, 6) is 0. The Morgan fingerprint density at radius 2 is 1.33 bits per heavy atom. The van der Waals surface area contributed by atoms with E-state index in [-0.39, 0.29) is 7.43 Å². The van der Waals surface area contributed by atoms with Crippen molar-refractivity contribution in [2.45, 2.75) is 81.6 Å². The Morgan fingerprint density at radius 3 is 1.81 bits per heavy atom. The van der Waals surface area contributed by atoms with E-state index in [4.69, 9.17) is 0 Å². The molecule has 0 N–H and O–H groups in total. The zero-order valence-electron chi connectivity index (χ0n) is 18.6. The van der Waals surface area contributed by atoms with Gasteiger partial charge in [0.1, 0.15) is 13.6 Å². The molecule has 0 aromatic heterocycles. The van der Waals surface area contributed by atoms with Crippen LogP contribution in [0.25, 0.3) is 0 Å². The minimum absolute atomic E-state index is 0. The van der Waals surface area contributed by atoms with Crippen LogP contribution in [0.15, 0.2) is 44.7 Å². The van der Waals surface area contributed by atoms with Gasteiger partial charge in [0.15, 0.2) is 5.71 Å². The van der Waals surface area contributed by atoms with Gasteiger partial charge in [-0.25, -0.2) is 4.58 Å². The van der Waals surface area contributed by atoms with Gasteiger partial charge in [0.25, 0.3) is 0 Å². The molecule has 0 radical (unpaired) electrons. The third-order valence-corrected chi connectivity index (χ3v) is 6.98. The van der Waals surface area contributed by atoms with Gasteiger partial charge in [-0.2, -0.15) is 0 Å². The Labute approximate surface area is 169 Å². The maximum Gasteiger partial charge on any atom is 0.179 e. The lowest BCUT2D eigenvalue weighted by molar-refractivity contribution is -0.488. The molecular weight excluding hydrogens is 328 g/mol. The number of rotatable bonds is 4. The van der Waals surface area contributed by atoms with Crippen LogP contribution >= 0.6 is 0 Å². The molecular formula is C25H43N2+. The van der Waals surface area contributed by atoms with E-state index in [2.05, 4.69) is 72.0 Å². The van der Waals surface area contributed by atoms with E-state index in [1.54, 1.807) is 0 Å². The topological polar surface area (TPSA) is 6.25 Å². The van der Waals surface area contributed by atoms with Crippen molar-refractivity contribution in [2.24, 2.45) is 0 Å². The van der Waals surface area contributed by atoms with Crippen molar-refractivity contribution in [3.05, 3.63) is 44.7 Å². The fourth-order valence-electron chi connectivity index (χ4n) is 4.41. The van der Waals surface area contributed by atoms with Crippen molar-refractivity contribution in [1.29, 1.82) is 0 Å². The summed E-state index contributed by atoms with van der Waals surface area (Å²) < 4.78 is 2.43. The van der Waals surface area contributed by atoms with Gasteiger partial charge in [-0.05, 0) is 94.7 Å². The predicted octanol–water partition coefficient (Wildman–Crippen LogP) is 6.51. The molecule has 152 valence electrons. The average Bonchev–Trinajstić information content (AvgIpc) is 3.25. The fourth-order valence-corrected chi connectivity index (χ4v) is 4.41. The van der Waals surface area contributed by atoms with Gasteiger partial charge >= 0.3 is 0 Å². The van der Waals surface area contributed by atoms with Crippen LogP contribution in [0, 0.1) is 0 Å². The fraction of sp³-hybridized carbons (Fsp3) is 0.640. The van der Waals surface area contributed by atoms with Crippen molar-refractivity contribution >= 4 is 5.71 Å². The number of hydrogen-bond acceptors (Lipinski definition) is 1. The Hall–Kier alpha value is -1.57. The molecule has 2 heteroatoms. The van der Waals surface area contributed by atoms with E-state index in [1.807, 2.05) is 0 Å². The van der Waals surface area contributed by atoms with Gasteiger partial charge in [0.05, 0.1) is 0 Å². The summed E-state index contributed by atoms with van der Waals surface area (Å²) in [6.45, 7) is 18.5. The second-order valence-electron chi connectivity index (χ2n) is 8.32. The number of nitrogens with zero attached hydrogens (tertiary/aromatic N) is 2. The minimum atomic E-state index is 0. The first-order valence-corrected chi connectivity index (χ1v) is 10.2. The monoisotopic (exact) mass is 371 g/mol. The Bertz CT molecular complexity index is 738. The van der Waals surface area contributed by atoms with E-state index in [9.17, 15) is 0 Å². The molecule has 2 nitrogen and oxygen atoms in total.